The SMILES string of the molecule is Cn1cc(C(=O)N2CCN(Cc3cccc(C(F)(F)F)c3)CC2)c2ccccc21. The van der Waals surface area contributed by atoms with Gasteiger partial charge in [0.25, 0.3) is 5.91 Å². The number of para-hydroxylation sites is 1. The van der Waals surface area contributed by atoms with E-state index in [9.17, 15) is 18.0 Å². The highest BCUT2D eigenvalue weighted by Gasteiger charge is 2.30. The van der Waals surface area contributed by atoms with E-state index in [4.69, 9.17) is 0 Å². The van der Waals surface area contributed by atoms with E-state index in [0.717, 1.165) is 17.0 Å². The number of nitrogens with zero attached hydrogens (tertiary/aromatic N) is 3. The van der Waals surface area contributed by atoms with Crippen molar-refractivity contribution in [1.29, 1.82) is 0 Å². The molecule has 4 nitrogen and oxygen atoms in total. The number of fused-ring (bicyclic) bond motifs is 1. The minimum Gasteiger partial charge on any atom is -0.350 e. The van der Waals surface area contributed by atoms with Gasteiger partial charge in [-0.1, -0.05) is 36.4 Å². The number of halogens is 3. The van der Waals surface area contributed by atoms with Crippen LogP contribution in [0, 0.1) is 0 Å². The Kier molecular flexibility index (Phi) is 5.08. The van der Waals surface area contributed by atoms with Crippen LogP contribution in [0.5, 0.6) is 0 Å². The summed E-state index contributed by atoms with van der Waals surface area (Å²) in [5.41, 5.74) is 1.71. The number of carbonyl (C=O) groups is 1. The molecule has 0 atom stereocenters. The molecule has 0 radical (unpaired) electrons. The second-order valence-corrected chi connectivity index (χ2v) is 7.44. The third kappa shape index (κ3) is 4.00. The fraction of sp³-hybridized carbons (Fsp3) is 0.318. The first-order valence-electron chi connectivity index (χ1n) is 9.55. The van der Waals surface area contributed by atoms with Crippen molar-refractivity contribution in [3.8, 4) is 0 Å². The topological polar surface area (TPSA) is 28.5 Å². The summed E-state index contributed by atoms with van der Waals surface area (Å²) in [7, 11) is 1.92. The summed E-state index contributed by atoms with van der Waals surface area (Å²) in [6.07, 6.45) is -2.47. The molecule has 152 valence electrons. The van der Waals surface area contributed by atoms with E-state index in [1.807, 2.05) is 47.0 Å². The maximum atomic E-state index is 13.0. The lowest BCUT2D eigenvalue weighted by Crippen LogP contribution is -2.48. The van der Waals surface area contributed by atoms with Gasteiger partial charge in [-0.3, -0.25) is 9.69 Å². The monoisotopic (exact) mass is 401 g/mol. The molecule has 0 aliphatic carbocycles. The molecule has 2 heterocycles. The molecular weight excluding hydrogens is 379 g/mol. The van der Waals surface area contributed by atoms with Crippen molar-refractivity contribution in [2.24, 2.45) is 7.05 Å². The van der Waals surface area contributed by atoms with Crippen LogP contribution in [0.3, 0.4) is 0 Å². The Balaban J connectivity index is 1.41. The number of amides is 1. The van der Waals surface area contributed by atoms with E-state index in [-0.39, 0.29) is 5.91 Å². The van der Waals surface area contributed by atoms with E-state index in [1.54, 1.807) is 6.07 Å². The zero-order valence-corrected chi connectivity index (χ0v) is 16.1. The van der Waals surface area contributed by atoms with Gasteiger partial charge in [0.2, 0.25) is 0 Å². The minimum atomic E-state index is -4.33. The summed E-state index contributed by atoms with van der Waals surface area (Å²) in [5, 5.41) is 0.936. The van der Waals surface area contributed by atoms with Crippen LogP contribution in [0.1, 0.15) is 21.5 Å². The van der Waals surface area contributed by atoms with Crippen LogP contribution >= 0.6 is 0 Å². The van der Waals surface area contributed by atoms with Gasteiger partial charge in [0.15, 0.2) is 0 Å². The molecule has 0 unspecified atom stereocenters. The average molecular weight is 401 g/mol. The molecule has 0 spiro atoms. The molecule has 2 aromatic carbocycles. The first kappa shape index (κ1) is 19.5. The van der Waals surface area contributed by atoms with E-state index < -0.39 is 11.7 Å². The van der Waals surface area contributed by atoms with Gasteiger partial charge in [-0.2, -0.15) is 13.2 Å². The molecule has 7 heteroatoms. The van der Waals surface area contributed by atoms with E-state index >= 15 is 0 Å². The van der Waals surface area contributed by atoms with Gasteiger partial charge in [0, 0.05) is 56.9 Å². The molecule has 1 fully saturated rings. The van der Waals surface area contributed by atoms with Gasteiger partial charge in [-0.25, -0.2) is 0 Å². The van der Waals surface area contributed by atoms with Crippen molar-refractivity contribution in [1.82, 2.24) is 14.4 Å². The molecule has 29 heavy (non-hydrogen) atoms. The second-order valence-electron chi connectivity index (χ2n) is 7.44. The molecule has 1 aliphatic heterocycles. The highest BCUT2D eigenvalue weighted by Crippen LogP contribution is 2.30. The first-order valence-corrected chi connectivity index (χ1v) is 9.55. The maximum absolute atomic E-state index is 13.0. The quantitative estimate of drug-likeness (QED) is 0.660. The van der Waals surface area contributed by atoms with Gasteiger partial charge in [-0.05, 0) is 17.7 Å². The predicted molar refractivity (Wildman–Crippen MR) is 106 cm³/mol. The number of hydrogen-bond acceptors (Lipinski definition) is 2. The maximum Gasteiger partial charge on any atom is 0.416 e. The van der Waals surface area contributed by atoms with Crippen molar-refractivity contribution >= 4 is 16.8 Å². The van der Waals surface area contributed by atoms with Gasteiger partial charge < -0.3 is 9.47 Å². The number of alkyl halides is 3. The molecular formula is C22H22F3N3O. The lowest BCUT2D eigenvalue weighted by molar-refractivity contribution is -0.137. The number of piperazine rings is 1. The standard InChI is InChI=1S/C22H22F3N3O/c1-26-15-19(18-7-2-3-8-20(18)26)21(29)28-11-9-27(10-12-28)14-16-5-4-6-17(13-16)22(23,24)25/h2-8,13,15H,9-12,14H2,1H3. The fourth-order valence-electron chi connectivity index (χ4n) is 3.90. The van der Waals surface area contributed by atoms with Gasteiger partial charge >= 0.3 is 6.18 Å². The lowest BCUT2D eigenvalue weighted by Gasteiger charge is -2.34. The Morgan fingerprint density at radius 1 is 1.00 bits per heavy atom. The minimum absolute atomic E-state index is 0.000480. The summed E-state index contributed by atoms with van der Waals surface area (Å²) in [5.74, 6) is 0.000480. The Hall–Kier alpha value is -2.80. The molecule has 1 amide bonds. The van der Waals surface area contributed by atoms with E-state index in [1.165, 1.54) is 12.1 Å². The van der Waals surface area contributed by atoms with Crippen LogP contribution in [-0.4, -0.2) is 46.5 Å². The van der Waals surface area contributed by atoms with Crippen LogP contribution < -0.4 is 0 Å². The Bertz CT molecular complexity index is 1030. The van der Waals surface area contributed by atoms with Crippen LogP contribution in [-0.2, 0) is 19.8 Å². The van der Waals surface area contributed by atoms with Crippen LogP contribution in [0.4, 0.5) is 13.2 Å². The normalized spacial score (nSPS) is 15.8. The van der Waals surface area contributed by atoms with E-state index in [2.05, 4.69) is 4.90 Å². The Labute approximate surface area is 167 Å². The molecule has 0 saturated carbocycles. The highest BCUT2D eigenvalue weighted by molar-refractivity contribution is 6.07. The largest absolute Gasteiger partial charge is 0.416 e. The van der Waals surface area contributed by atoms with Crippen molar-refractivity contribution in [2.75, 3.05) is 26.2 Å². The third-order valence-corrected chi connectivity index (χ3v) is 5.45. The summed E-state index contributed by atoms with van der Waals surface area (Å²) >= 11 is 0. The number of benzene rings is 2. The molecule has 3 aromatic rings. The van der Waals surface area contributed by atoms with Crippen LogP contribution in [0.25, 0.3) is 10.9 Å². The van der Waals surface area contributed by atoms with Crippen molar-refractivity contribution in [3.05, 3.63) is 71.4 Å². The Morgan fingerprint density at radius 3 is 2.45 bits per heavy atom. The van der Waals surface area contributed by atoms with Gasteiger partial charge in [0.1, 0.15) is 0 Å². The summed E-state index contributed by atoms with van der Waals surface area (Å²) < 4.78 is 40.7. The molecule has 1 saturated heterocycles. The number of carbonyl (C=O) groups excluding carboxylic acids is 1. The molecule has 0 bridgehead atoms. The smallest absolute Gasteiger partial charge is 0.350 e. The number of hydrogen-bond donors (Lipinski definition) is 0. The van der Waals surface area contributed by atoms with Crippen LogP contribution in [0.15, 0.2) is 54.7 Å². The van der Waals surface area contributed by atoms with E-state index in [0.29, 0.717) is 43.9 Å². The molecule has 4 rings (SSSR count). The zero-order chi connectivity index (χ0) is 20.6. The summed E-state index contributed by atoms with van der Waals surface area (Å²) in [6, 6.07) is 13.3. The highest BCUT2D eigenvalue weighted by atomic mass is 19.4. The third-order valence-electron chi connectivity index (χ3n) is 5.45. The summed E-state index contributed by atoms with van der Waals surface area (Å²) in [6.45, 7) is 2.82. The Morgan fingerprint density at radius 2 is 1.72 bits per heavy atom. The second kappa shape index (κ2) is 7.55. The van der Waals surface area contributed by atoms with Gasteiger partial charge in [-0.15, -0.1) is 0 Å². The molecule has 1 aliphatic rings. The summed E-state index contributed by atoms with van der Waals surface area (Å²) in [4.78, 5) is 16.9. The first-order chi connectivity index (χ1) is 13.8. The zero-order valence-electron chi connectivity index (χ0n) is 16.1. The molecule has 1 aromatic heterocycles. The van der Waals surface area contributed by atoms with Gasteiger partial charge in [0.05, 0.1) is 11.1 Å². The number of rotatable bonds is 3. The predicted octanol–water partition coefficient (Wildman–Crippen LogP) is 4.16. The number of aromatic nitrogens is 1. The fourth-order valence-corrected chi connectivity index (χ4v) is 3.90. The molecule has 0 N–H and O–H groups in total. The average Bonchev–Trinajstić information content (AvgIpc) is 3.05. The van der Waals surface area contributed by atoms with Crippen molar-refractivity contribution in [2.45, 2.75) is 12.7 Å². The lowest BCUT2D eigenvalue weighted by atomic mass is 10.1. The van der Waals surface area contributed by atoms with Crippen LogP contribution in [0.2, 0.25) is 0 Å². The van der Waals surface area contributed by atoms with Crippen molar-refractivity contribution < 1.29 is 18.0 Å². The number of aryl methyl sites for hydroxylation is 1. The van der Waals surface area contributed by atoms with Crippen molar-refractivity contribution in [3.63, 3.8) is 0 Å².